The van der Waals surface area contributed by atoms with E-state index in [1.54, 1.807) is 6.92 Å². The quantitative estimate of drug-likeness (QED) is 0.629. The fraction of sp³-hybridized carbons (Fsp3) is 0.636. The van der Waals surface area contributed by atoms with Crippen molar-refractivity contribution < 1.29 is 13.2 Å². The van der Waals surface area contributed by atoms with E-state index in [2.05, 4.69) is 9.97 Å². The van der Waals surface area contributed by atoms with Crippen molar-refractivity contribution in [3.8, 4) is 11.9 Å². The summed E-state index contributed by atoms with van der Waals surface area (Å²) in [5.41, 5.74) is 0.334. The van der Waals surface area contributed by atoms with Crippen LogP contribution in [0, 0.1) is 12.9 Å². The van der Waals surface area contributed by atoms with E-state index >= 15 is 0 Å². The molecule has 0 aliphatic heterocycles. The van der Waals surface area contributed by atoms with Crippen molar-refractivity contribution >= 4 is 16.6 Å². The Bertz CT molecular complexity index is 442. The van der Waals surface area contributed by atoms with Crippen molar-refractivity contribution in [2.24, 2.45) is 0 Å². The predicted molar refractivity (Wildman–Crippen MR) is 74.7 cm³/mol. The summed E-state index contributed by atoms with van der Waals surface area (Å²) in [6.07, 6.45) is 0. The van der Waals surface area contributed by atoms with Gasteiger partial charge in [-0.25, -0.2) is 0 Å². The lowest BCUT2D eigenvalue weighted by atomic mass is 10.4. The van der Waals surface area contributed by atoms with Gasteiger partial charge in [0.2, 0.25) is 28.5 Å². The van der Waals surface area contributed by atoms with Gasteiger partial charge in [0.25, 0.3) is 0 Å². The first-order valence-corrected chi connectivity index (χ1v) is 12.7. The zero-order chi connectivity index (χ0) is 14.1. The van der Waals surface area contributed by atoms with Crippen LogP contribution < -0.4 is 8.85 Å². The van der Waals surface area contributed by atoms with Crippen molar-refractivity contribution in [3.63, 3.8) is 0 Å². The minimum Gasteiger partial charge on any atom is -0.531 e. The lowest BCUT2D eigenvalue weighted by Crippen LogP contribution is -2.32. The highest BCUT2D eigenvalue weighted by Gasteiger charge is 2.24. The Morgan fingerprint density at radius 3 is 1.83 bits per heavy atom. The van der Waals surface area contributed by atoms with Crippen molar-refractivity contribution in [1.82, 2.24) is 9.97 Å². The molecule has 0 N–H and O–H groups in total. The molecule has 0 atom stereocenters. The van der Waals surface area contributed by atoms with Gasteiger partial charge in [0, 0.05) is 0 Å². The molecule has 1 rings (SSSR count). The molecule has 7 heteroatoms. The fourth-order valence-electron chi connectivity index (χ4n) is 1.16. The van der Waals surface area contributed by atoms with Crippen LogP contribution in [0.2, 0.25) is 39.3 Å². The maximum atomic E-state index is 13.7. The van der Waals surface area contributed by atoms with Crippen LogP contribution in [0.1, 0.15) is 5.56 Å². The Morgan fingerprint density at radius 2 is 1.39 bits per heavy atom. The van der Waals surface area contributed by atoms with Gasteiger partial charge in [0.1, 0.15) is 0 Å². The van der Waals surface area contributed by atoms with Gasteiger partial charge < -0.3 is 8.85 Å². The van der Waals surface area contributed by atoms with Gasteiger partial charge >= 0.3 is 6.01 Å². The molecule has 1 heterocycles. The number of aromatic nitrogens is 2. The van der Waals surface area contributed by atoms with Crippen LogP contribution in [0.4, 0.5) is 4.39 Å². The number of halogens is 1. The number of hydrogen-bond donors (Lipinski definition) is 0. The number of rotatable bonds is 4. The zero-order valence-corrected chi connectivity index (χ0v) is 14.1. The summed E-state index contributed by atoms with van der Waals surface area (Å²) in [7, 11) is -3.69. The average Bonchev–Trinajstić information content (AvgIpc) is 2.08. The summed E-state index contributed by atoms with van der Waals surface area (Å²) >= 11 is 0. The molecule has 4 nitrogen and oxygen atoms in total. The molecule has 18 heavy (non-hydrogen) atoms. The second-order valence-electron chi connectivity index (χ2n) is 6.16. The summed E-state index contributed by atoms with van der Waals surface area (Å²) in [6, 6.07) is 0.0746. The molecule has 0 bridgehead atoms. The summed E-state index contributed by atoms with van der Waals surface area (Å²) < 4.78 is 25.1. The van der Waals surface area contributed by atoms with Crippen molar-refractivity contribution in [2.45, 2.75) is 46.2 Å². The van der Waals surface area contributed by atoms with Gasteiger partial charge in [0.05, 0.1) is 5.56 Å². The molecule has 0 fully saturated rings. The molecular formula is C11H21FN2O2Si2. The average molecular weight is 288 g/mol. The van der Waals surface area contributed by atoms with Crippen molar-refractivity contribution in [2.75, 3.05) is 0 Å². The summed E-state index contributed by atoms with van der Waals surface area (Å²) in [6.45, 7) is 13.7. The van der Waals surface area contributed by atoms with E-state index in [9.17, 15) is 4.39 Å². The summed E-state index contributed by atoms with van der Waals surface area (Å²) in [4.78, 5) is 7.90. The summed E-state index contributed by atoms with van der Waals surface area (Å²) in [5.74, 6) is -0.276. The maximum absolute atomic E-state index is 13.7. The Balaban J connectivity index is 3.11. The third-order valence-corrected chi connectivity index (χ3v) is 3.42. The Morgan fingerprint density at radius 1 is 0.889 bits per heavy atom. The first kappa shape index (κ1) is 15.1. The molecule has 0 spiro atoms. The molecular weight excluding hydrogens is 267 g/mol. The Hall–Kier alpha value is -0.956. The highest BCUT2D eigenvalue weighted by molar-refractivity contribution is 6.70. The molecule has 0 saturated carbocycles. The second-order valence-corrected chi connectivity index (χ2v) is 15.0. The second kappa shape index (κ2) is 4.96. The van der Waals surface area contributed by atoms with Crippen LogP contribution in [0.3, 0.4) is 0 Å². The van der Waals surface area contributed by atoms with Crippen LogP contribution in [0.25, 0.3) is 0 Å². The van der Waals surface area contributed by atoms with E-state index in [-0.39, 0.29) is 6.01 Å². The van der Waals surface area contributed by atoms with E-state index in [0.717, 1.165) is 0 Å². The third kappa shape index (κ3) is 4.73. The molecule has 0 unspecified atom stereocenters. The topological polar surface area (TPSA) is 44.2 Å². The van der Waals surface area contributed by atoms with E-state index in [4.69, 9.17) is 8.85 Å². The van der Waals surface area contributed by atoms with Gasteiger partial charge in [-0.05, 0) is 46.2 Å². The molecule has 0 amide bonds. The van der Waals surface area contributed by atoms with Crippen LogP contribution in [0.5, 0.6) is 11.9 Å². The highest BCUT2D eigenvalue weighted by atomic mass is 28.4. The van der Waals surface area contributed by atoms with Crippen molar-refractivity contribution in [1.29, 1.82) is 0 Å². The molecule has 0 radical (unpaired) electrons. The Labute approximate surface area is 110 Å². The van der Waals surface area contributed by atoms with Crippen LogP contribution >= 0.6 is 0 Å². The smallest absolute Gasteiger partial charge is 0.308 e. The minimum absolute atomic E-state index is 0.0746. The monoisotopic (exact) mass is 288 g/mol. The molecule has 0 saturated heterocycles. The Kier molecular flexibility index (Phi) is 4.17. The molecule has 1 aromatic heterocycles. The van der Waals surface area contributed by atoms with Crippen molar-refractivity contribution in [3.05, 3.63) is 11.5 Å². The first-order valence-electron chi connectivity index (χ1n) is 5.90. The molecule has 102 valence electrons. The number of nitrogens with zero attached hydrogens (tertiary/aromatic N) is 2. The summed E-state index contributed by atoms with van der Waals surface area (Å²) in [5, 5.41) is 0. The predicted octanol–water partition coefficient (Wildman–Crippen LogP) is 3.35. The zero-order valence-electron chi connectivity index (χ0n) is 12.1. The van der Waals surface area contributed by atoms with Crippen LogP contribution in [-0.4, -0.2) is 26.6 Å². The highest BCUT2D eigenvalue weighted by Crippen LogP contribution is 2.24. The van der Waals surface area contributed by atoms with E-state index in [1.165, 1.54) is 0 Å². The van der Waals surface area contributed by atoms with Gasteiger partial charge in [-0.1, -0.05) is 0 Å². The lowest BCUT2D eigenvalue weighted by Gasteiger charge is -2.22. The van der Waals surface area contributed by atoms with Gasteiger partial charge in [-0.15, -0.1) is 0 Å². The maximum Gasteiger partial charge on any atom is 0.308 e. The largest absolute Gasteiger partial charge is 0.531 e. The van der Waals surface area contributed by atoms with Crippen LogP contribution in [-0.2, 0) is 0 Å². The van der Waals surface area contributed by atoms with Gasteiger partial charge in [0.15, 0.2) is 0 Å². The molecule has 1 aromatic rings. The SMILES string of the molecule is Cc1c(F)nc(O[Si](C)(C)C)nc1O[Si](C)(C)C. The first-order chi connectivity index (χ1) is 7.98. The molecule has 0 aliphatic carbocycles. The molecule has 0 aromatic carbocycles. The molecule has 0 aliphatic rings. The van der Waals surface area contributed by atoms with Crippen LogP contribution in [0.15, 0.2) is 0 Å². The normalized spacial score (nSPS) is 12.4. The fourth-order valence-corrected chi connectivity index (χ4v) is 2.58. The van der Waals surface area contributed by atoms with E-state index in [0.29, 0.717) is 11.4 Å². The minimum atomic E-state index is -1.86. The van der Waals surface area contributed by atoms with Gasteiger partial charge in [-0.3, -0.25) is 0 Å². The number of hydrogen-bond acceptors (Lipinski definition) is 4. The van der Waals surface area contributed by atoms with Gasteiger partial charge in [-0.2, -0.15) is 14.4 Å². The van der Waals surface area contributed by atoms with E-state index in [1.807, 2.05) is 39.3 Å². The lowest BCUT2D eigenvalue weighted by molar-refractivity contribution is 0.441. The third-order valence-electron chi connectivity index (χ3n) is 1.82. The van der Waals surface area contributed by atoms with E-state index < -0.39 is 22.6 Å². The standard InChI is InChI=1S/C11H21FN2O2Si2/c1-8-9(12)13-11(16-18(5,6)7)14-10(8)15-17(2,3)4/h1-7H3.